The van der Waals surface area contributed by atoms with Gasteiger partial charge in [0.25, 0.3) is 0 Å². The van der Waals surface area contributed by atoms with Crippen molar-refractivity contribution in [1.29, 1.82) is 0 Å². The van der Waals surface area contributed by atoms with Gasteiger partial charge in [-0.25, -0.2) is 0 Å². The van der Waals surface area contributed by atoms with Gasteiger partial charge < -0.3 is 10.5 Å². The first-order valence-corrected chi connectivity index (χ1v) is 7.09. The highest BCUT2D eigenvalue weighted by molar-refractivity contribution is 5.82. The van der Waals surface area contributed by atoms with Gasteiger partial charge in [-0.05, 0) is 25.6 Å². The van der Waals surface area contributed by atoms with Crippen LogP contribution in [0.15, 0.2) is 36.5 Å². The van der Waals surface area contributed by atoms with Crippen LogP contribution in [0.4, 0.5) is 0 Å². The van der Waals surface area contributed by atoms with Crippen molar-refractivity contribution in [3.05, 3.63) is 42.1 Å². The first kappa shape index (κ1) is 14.9. The summed E-state index contributed by atoms with van der Waals surface area (Å²) in [6, 6.07) is 10.5. The zero-order chi connectivity index (χ0) is 14.4. The van der Waals surface area contributed by atoms with E-state index in [0.717, 1.165) is 30.7 Å². The number of fused-ring (bicyclic) bond motifs is 1. The van der Waals surface area contributed by atoms with Crippen molar-refractivity contribution in [3.8, 4) is 0 Å². The lowest BCUT2D eigenvalue weighted by molar-refractivity contribution is 0.108. The molecule has 1 heterocycles. The number of hydrogen-bond donors (Lipinski definition) is 1. The van der Waals surface area contributed by atoms with E-state index in [-0.39, 0.29) is 6.04 Å². The molecule has 0 fully saturated rings. The van der Waals surface area contributed by atoms with Crippen molar-refractivity contribution >= 4 is 10.9 Å². The third kappa shape index (κ3) is 3.33. The fourth-order valence-electron chi connectivity index (χ4n) is 2.45. The zero-order valence-corrected chi connectivity index (χ0v) is 12.2. The number of rotatable bonds is 7. The van der Waals surface area contributed by atoms with E-state index < -0.39 is 0 Å². The van der Waals surface area contributed by atoms with Gasteiger partial charge >= 0.3 is 0 Å². The Bertz CT molecular complexity index is 539. The molecule has 20 heavy (non-hydrogen) atoms. The summed E-state index contributed by atoms with van der Waals surface area (Å²) in [5.41, 5.74) is 8.21. The van der Waals surface area contributed by atoms with E-state index in [1.165, 1.54) is 5.56 Å². The van der Waals surface area contributed by atoms with E-state index in [9.17, 15) is 0 Å². The van der Waals surface area contributed by atoms with Gasteiger partial charge in [0, 0.05) is 37.3 Å². The highest BCUT2D eigenvalue weighted by Crippen LogP contribution is 2.25. The second-order valence-electron chi connectivity index (χ2n) is 4.85. The van der Waals surface area contributed by atoms with E-state index in [0.29, 0.717) is 6.54 Å². The standard InChI is InChI=1S/C16H23N3O/c1-3-20-11-10-19(2)15(12-17)14-8-4-6-13-7-5-9-18-16(13)14/h4-9,15H,3,10-12,17H2,1-2H3. The van der Waals surface area contributed by atoms with Gasteiger partial charge in [-0.1, -0.05) is 24.3 Å². The fourth-order valence-corrected chi connectivity index (χ4v) is 2.45. The molecule has 1 aromatic heterocycles. The van der Waals surface area contributed by atoms with Crippen LogP contribution in [0.25, 0.3) is 10.9 Å². The molecule has 0 amide bonds. The number of nitrogens with zero attached hydrogens (tertiary/aromatic N) is 2. The highest BCUT2D eigenvalue weighted by Gasteiger charge is 2.18. The molecular weight excluding hydrogens is 250 g/mol. The lowest BCUT2D eigenvalue weighted by atomic mass is 10.0. The summed E-state index contributed by atoms with van der Waals surface area (Å²) < 4.78 is 5.42. The SMILES string of the molecule is CCOCCN(C)C(CN)c1cccc2cccnc12. The van der Waals surface area contributed by atoms with Crippen LogP contribution in [0.3, 0.4) is 0 Å². The van der Waals surface area contributed by atoms with E-state index in [4.69, 9.17) is 10.5 Å². The van der Waals surface area contributed by atoms with E-state index in [1.807, 2.05) is 19.2 Å². The van der Waals surface area contributed by atoms with Crippen molar-refractivity contribution < 1.29 is 4.74 Å². The first-order chi connectivity index (χ1) is 9.77. The average Bonchev–Trinajstić information content (AvgIpc) is 2.48. The largest absolute Gasteiger partial charge is 0.380 e. The van der Waals surface area contributed by atoms with Gasteiger partial charge in [0.05, 0.1) is 12.1 Å². The lowest BCUT2D eigenvalue weighted by Gasteiger charge is -2.27. The fraction of sp³-hybridized carbons (Fsp3) is 0.438. The third-order valence-corrected chi connectivity index (χ3v) is 3.57. The number of ether oxygens (including phenoxy) is 1. The van der Waals surface area contributed by atoms with Crippen LogP contribution < -0.4 is 5.73 Å². The van der Waals surface area contributed by atoms with Gasteiger partial charge in [-0.2, -0.15) is 0 Å². The molecule has 0 spiro atoms. The van der Waals surface area contributed by atoms with E-state index in [1.54, 1.807) is 0 Å². The molecule has 0 aliphatic rings. The summed E-state index contributed by atoms with van der Waals surface area (Å²) in [5.74, 6) is 0. The molecule has 0 radical (unpaired) electrons. The Morgan fingerprint density at radius 2 is 2.10 bits per heavy atom. The van der Waals surface area contributed by atoms with Gasteiger partial charge in [-0.3, -0.25) is 9.88 Å². The topological polar surface area (TPSA) is 51.4 Å². The Balaban J connectivity index is 2.25. The van der Waals surface area contributed by atoms with Crippen LogP contribution in [-0.4, -0.2) is 43.2 Å². The predicted octanol–water partition coefficient (Wildman–Crippen LogP) is 2.20. The average molecular weight is 273 g/mol. The number of likely N-dealkylation sites (N-methyl/N-ethyl adjacent to an activating group) is 1. The van der Waals surface area contributed by atoms with E-state index >= 15 is 0 Å². The Morgan fingerprint density at radius 1 is 1.30 bits per heavy atom. The highest BCUT2D eigenvalue weighted by atomic mass is 16.5. The lowest BCUT2D eigenvalue weighted by Crippen LogP contribution is -2.33. The molecule has 4 heteroatoms. The van der Waals surface area contributed by atoms with Gasteiger partial charge in [0.15, 0.2) is 0 Å². The maximum absolute atomic E-state index is 5.99. The molecule has 0 aliphatic carbocycles. The minimum Gasteiger partial charge on any atom is -0.380 e. The Hall–Kier alpha value is -1.49. The molecule has 0 saturated heterocycles. The molecule has 2 N–H and O–H groups in total. The summed E-state index contributed by atoms with van der Waals surface area (Å²) in [4.78, 5) is 6.75. The Kier molecular flexibility index (Phi) is 5.47. The minimum atomic E-state index is 0.161. The number of hydrogen-bond acceptors (Lipinski definition) is 4. The van der Waals surface area contributed by atoms with Crippen LogP contribution in [0, 0.1) is 0 Å². The minimum absolute atomic E-state index is 0.161. The molecule has 1 unspecified atom stereocenters. The normalized spacial score (nSPS) is 13.0. The van der Waals surface area contributed by atoms with Crippen molar-refractivity contribution in [2.24, 2.45) is 5.73 Å². The summed E-state index contributed by atoms with van der Waals surface area (Å²) in [7, 11) is 2.08. The number of pyridine rings is 1. The molecule has 1 atom stereocenters. The number of aromatic nitrogens is 1. The summed E-state index contributed by atoms with van der Waals surface area (Å²) >= 11 is 0. The van der Waals surface area contributed by atoms with Gasteiger partial charge in [-0.15, -0.1) is 0 Å². The molecule has 0 aliphatic heterocycles. The monoisotopic (exact) mass is 273 g/mol. The second-order valence-corrected chi connectivity index (χ2v) is 4.85. The number of nitrogens with two attached hydrogens (primary N) is 1. The summed E-state index contributed by atoms with van der Waals surface area (Å²) in [6.45, 7) is 4.91. The maximum atomic E-state index is 5.99. The van der Waals surface area contributed by atoms with Crippen molar-refractivity contribution in [2.45, 2.75) is 13.0 Å². The second kappa shape index (κ2) is 7.33. The summed E-state index contributed by atoms with van der Waals surface area (Å²) in [5, 5.41) is 1.15. The van der Waals surface area contributed by atoms with Crippen LogP contribution >= 0.6 is 0 Å². The number of para-hydroxylation sites is 1. The first-order valence-electron chi connectivity index (χ1n) is 7.09. The maximum Gasteiger partial charge on any atom is 0.0750 e. The van der Waals surface area contributed by atoms with Crippen molar-refractivity contribution in [1.82, 2.24) is 9.88 Å². The zero-order valence-electron chi connectivity index (χ0n) is 12.2. The molecule has 1 aromatic carbocycles. The van der Waals surface area contributed by atoms with Crippen LogP contribution in [0.1, 0.15) is 18.5 Å². The predicted molar refractivity (Wildman–Crippen MR) is 82.7 cm³/mol. The smallest absolute Gasteiger partial charge is 0.0750 e. The molecule has 4 nitrogen and oxygen atoms in total. The molecule has 108 valence electrons. The molecule has 2 rings (SSSR count). The quantitative estimate of drug-likeness (QED) is 0.786. The Morgan fingerprint density at radius 3 is 2.85 bits per heavy atom. The van der Waals surface area contributed by atoms with Crippen LogP contribution in [0.2, 0.25) is 0 Å². The summed E-state index contributed by atoms with van der Waals surface area (Å²) in [6.07, 6.45) is 1.83. The molecule has 0 bridgehead atoms. The van der Waals surface area contributed by atoms with Crippen LogP contribution in [-0.2, 0) is 4.74 Å². The molecule has 2 aromatic rings. The third-order valence-electron chi connectivity index (χ3n) is 3.57. The van der Waals surface area contributed by atoms with Crippen molar-refractivity contribution in [3.63, 3.8) is 0 Å². The van der Waals surface area contributed by atoms with Gasteiger partial charge in [0.1, 0.15) is 0 Å². The Labute approximate surface area is 120 Å². The number of benzene rings is 1. The van der Waals surface area contributed by atoms with E-state index in [2.05, 4.69) is 41.2 Å². The molecule has 0 saturated carbocycles. The van der Waals surface area contributed by atoms with Gasteiger partial charge in [0.2, 0.25) is 0 Å². The molecular formula is C16H23N3O. The van der Waals surface area contributed by atoms with Crippen molar-refractivity contribution in [2.75, 3.05) is 33.4 Å². The van der Waals surface area contributed by atoms with Crippen LogP contribution in [0.5, 0.6) is 0 Å².